The molecule has 0 saturated heterocycles. The molecule has 1 saturated carbocycles. The SMILES string of the molecule is CSCC(=O)N1Cc2ccnn2C[C@H](OCC2CC2)C1. The van der Waals surface area contributed by atoms with Gasteiger partial charge in [-0.15, -0.1) is 0 Å². The summed E-state index contributed by atoms with van der Waals surface area (Å²) in [5.74, 6) is 1.46. The van der Waals surface area contributed by atoms with Crippen LogP contribution in [0.2, 0.25) is 0 Å². The highest BCUT2D eigenvalue weighted by molar-refractivity contribution is 7.99. The van der Waals surface area contributed by atoms with Gasteiger partial charge in [0.1, 0.15) is 0 Å². The molecule has 1 amide bonds. The van der Waals surface area contributed by atoms with Crippen molar-refractivity contribution in [2.24, 2.45) is 5.92 Å². The lowest BCUT2D eigenvalue weighted by Gasteiger charge is -2.24. The van der Waals surface area contributed by atoms with Crippen molar-refractivity contribution in [3.8, 4) is 0 Å². The number of nitrogens with zero attached hydrogens (tertiary/aromatic N) is 3. The van der Waals surface area contributed by atoms with Gasteiger partial charge in [-0.05, 0) is 31.1 Å². The Morgan fingerprint density at radius 3 is 3.10 bits per heavy atom. The highest BCUT2D eigenvalue weighted by Crippen LogP contribution is 2.29. The van der Waals surface area contributed by atoms with Crippen LogP contribution >= 0.6 is 11.8 Å². The van der Waals surface area contributed by atoms with E-state index in [9.17, 15) is 4.79 Å². The highest BCUT2D eigenvalue weighted by Gasteiger charge is 2.28. The number of carbonyl (C=O) groups excluding carboxylic acids is 1. The van der Waals surface area contributed by atoms with Crippen molar-refractivity contribution >= 4 is 17.7 Å². The topological polar surface area (TPSA) is 47.4 Å². The Morgan fingerprint density at radius 1 is 1.50 bits per heavy atom. The molecule has 2 aliphatic rings. The van der Waals surface area contributed by atoms with E-state index in [1.807, 2.05) is 21.9 Å². The number of hydrogen-bond acceptors (Lipinski definition) is 4. The third-order valence-corrected chi connectivity index (χ3v) is 4.38. The zero-order chi connectivity index (χ0) is 13.9. The fourth-order valence-corrected chi connectivity index (χ4v) is 2.91. The van der Waals surface area contributed by atoms with E-state index in [1.54, 1.807) is 18.0 Å². The molecule has 0 spiro atoms. The summed E-state index contributed by atoms with van der Waals surface area (Å²) in [6, 6.07) is 1.99. The zero-order valence-corrected chi connectivity index (χ0v) is 12.6. The van der Waals surface area contributed by atoms with Gasteiger partial charge >= 0.3 is 0 Å². The molecule has 5 nitrogen and oxygen atoms in total. The number of rotatable bonds is 5. The van der Waals surface area contributed by atoms with Gasteiger partial charge in [-0.1, -0.05) is 0 Å². The molecule has 1 aromatic heterocycles. The number of thioether (sulfide) groups is 1. The first-order valence-corrected chi connectivity index (χ1v) is 8.54. The number of hydrogen-bond donors (Lipinski definition) is 0. The predicted molar refractivity (Wildman–Crippen MR) is 78.5 cm³/mol. The Balaban J connectivity index is 1.69. The summed E-state index contributed by atoms with van der Waals surface area (Å²) in [7, 11) is 0. The van der Waals surface area contributed by atoms with Crippen molar-refractivity contribution in [1.82, 2.24) is 14.7 Å². The van der Waals surface area contributed by atoms with Crippen molar-refractivity contribution in [2.45, 2.75) is 32.0 Å². The second kappa shape index (κ2) is 6.18. The molecule has 3 rings (SSSR count). The molecule has 0 bridgehead atoms. The van der Waals surface area contributed by atoms with Gasteiger partial charge in [0.2, 0.25) is 5.91 Å². The molecule has 1 aliphatic heterocycles. The molecule has 1 aliphatic carbocycles. The van der Waals surface area contributed by atoms with E-state index in [4.69, 9.17) is 4.74 Å². The zero-order valence-electron chi connectivity index (χ0n) is 11.8. The van der Waals surface area contributed by atoms with Crippen LogP contribution in [0.25, 0.3) is 0 Å². The van der Waals surface area contributed by atoms with Crippen LogP contribution in [-0.4, -0.2) is 51.9 Å². The lowest BCUT2D eigenvalue weighted by Crippen LogP contribution is -2.38. The third-order valence-electron chi connectivity index (χ3n) is 3.84. The average molecular weight is 295 g/mol. The molecule has 0 radical (unpaired) electrons. The maximum absolute atomic E-state index is 12.2. The number of fused-ring (bicyclic) bond motifs is 1. The van der Waals surface area contributed by atoms with E-state index >= 15 is 0 Å². The molecule has 1 fully saturated rings. The van der Waals surface area contributed by atoms with Crippen LogP contribution in [0.15, 0.2) is 12.3 Å². The van der Waals surface area contributed by atoms with Crippen molar-refractivity contribution in [3.05, 3.63) is 18.0 Å². The molecular formula is C14H21N3O2S. The van der Waals surface area contributed by atoms with Gasteiger partial charge in [-0.25, -0.2) is 0 Å². The van der Waals surface area contributed by atoms with Gasteiger partial charge < -0.3 is 9.64 Å². The summed E-state index contributed by atoms with van der Waals surface area (Å²) < 4.78 is 7.99. The minimum absolute atomic E-state index is 0.0579. The van der Waals surface area contributed by atoms with Crippen LogP contribution < -0.4 is 0 Å². The molecule has 1 aromatic rings. The van der Waals surface area contributed by atoms with Gasteiger partial charge in [0.25, 0.3) is 0 Å². The van der Waals surface area contributed by atoms with E-state index < -0.39 is 0 Å². The van der Waals surface area contributed by atoms with E-state index in [1.165, 1.54) is 12.8 Å². The number of amides is 1. The smallest absolute Gasteiger partial charge is 0.232 e. The van der Waals surface area contributed by atoms with Crippen LogP contribution in [0.4, 0.5) is 0 Å². The largest absolute Gasteiger partial charge is 0.374 e. The van der Waals surface area contributed by atoms with Crippen molar-refractivity contribution in [1.29, 1.82) is 0 Å². The Hall–Kier alpha value is -1.01. The molecule has 0 N–H and O–H groups in total. The predicted octanol–water partition coefficient (Wildman–Crippen LogP) is 1.38. The highest BCUT2D eigenvalue weighted by atomic mass is 32.2. The second-order valence-electron chi connectivity index (χ2n) is 5.61. The Kier molecular flexibility index (Phi) is 4.31. The summed E-state index contributed by atoms with van der Waals surface area (Å²) in [4.78, 5) is 14.1. The molecule has 2 heterocycles. The van der Waals surface area contributed by atoms with Gasteiger partial charge in [0.15, 0.2) is 0 Å². The second-order valence-corrected chi connectivity index (χ2v) is 6.48. The maximum atomic E-state index is 12.2. The van der Waals surface area contributed by atoms with Crippen LogP contribution in [0.5, 0.6) is 0 Å². The summed E-state index contributed by atoms with van der Waals surface area (Å²) in [6.45, 7) is 2.89. The van der Waals surface area contributed by atoms with Gasteiger partial charge in [-0.3, -0.25) is 9.48 Å². The standard InChI is InChI=1S/C14H21N3O2S/c1-20-10-14(18)16-6-12-4-5-15-17(12)8-13(7-16)19-9-11-2-3-11/h4-5,11,13H,2-3,6-10H2,1H3/t13-/m1/s1. The Bertz CT molecular complexity index is 473. The minimum atomic E-state index is 0.0579. The number of aromatic nitrogens is 2. The molecule has 0 unspecified atom stereocenters. The van der Waals surface area contributed by atoms with Gasteiger partial charge in [0.05, 0.1) is 30.6 Å². The summed E-state index contributed by atoms with van der Waals surface area (Å²) >= 11 is 1.57. The molecule has 1 atom stereocenters. The minimum Gasteiger partial charge on any atom is -0.374 e. The quantitative estimate of drug-likeness (QED) is 0.823. The van der Waals surface area contributed by atoms with Gasteiger partial charge in [0, 0.05) is 19.3 Å². The van der Waals surface area contributed by atoms with Crippen molar-refractivity contribution in [3.63, 3.8) is 0 Å². The fraction of sp³-hybridized carbons (Fsp3) is 0.714. The number of carbonyl (C=O) groups is 1. The molecule has 6 heteroatoms. The molecule has 110 valence electrons. The van der Waals surface area contributed by atoms with Crippen molar-refractivity contribution < 1.29 is 9.53 Å². The maximum Gasteiger partial charge on any atom is 0.232 e. The van der Waals surface area contributed by atoms with E-state index in [0.29, 0.717) is 18.8 Å². The Morgan fingerprint density at radius 2 is 2.35 bits per heavy atom. The third kappa shape index (κ3) is 3.35. The monoisotopic (exact) mass is 295 g/mol. The lowest BCUT2D eigenvalue weighted by molar-refractivity contribution is -0.130. The summed E-state index contributed by atoms with van der Waals surface area (Å²) in [5.41, 5.74) is 1.09. The van der Waals surface area contributed by atoms with E-state index in [2.05, 4.69) is 5.10 Å². The Labute approximate surface area is 123 Å². The van der Waals surface area contributed by atoms with Crippen LogP contribution in [0.3, 0.4) is 0 Å². The average Bonchev–Trinajstić information content (AvgIpc) is 3.20. The lowest BCUT2D eigenvalue weighted by atomic mass is 10.3. The first-order valence-electron chi connectivity index (χ1n) is 7.15. The van der Waals surface area contributed by atoms with E-state index in [-0.39, 0.29) is 12.0 Å². The molecule has 20 heavy (non-hydrogen) atoms. The van der Waals surface area contributed by atoms with Gasteiger partial charge in [-0.2, -0.15) is 16.9 Å². The first-order chi connectivity index (χ1) is 9.76. The summed E-state index contributed by atoms with van der Waals surface area (Å²) in [6.07, 6.45) is 6.39. The van der Waals surface area contributed by atoms with Crippen LogP contribution in [0.1, 0.15) is 18.5 Å². The molecule has 0 aromatic carbocycles. The van der Waals surface area contributed by atoms with E-state index in [0.717, 1.165) is 24.8 Å². The molecular weight excluding hydrogens is 274 g/mol. The van der Waals surface area contributed by atoms with Crippen molar-refractivity contribution in [2.75, 3.05) is 25.2 Å². The number of ether oxygens (including phenoxy) is 1. The fourth-order valence-electron chi connectivity index (χ4n) is 2.48. The summed E-state index contributed by atoms with van der Waals surface area (Å²) in [5, 5.41) is 4.34. The first kappa shape index (κ1) is 13.9. The van der Waals surface area contributed by atoms with Crippen LogP contribution in [-0.2, 0) is 22.6 Å². The van der Waals surface area contributed by atoms with Crippen LogP contribution in [0, 0.1) is 5.92 Å². The normalized spacial score (nSPS) is 22.4.